The summed E-state index contributed by atoms with van der Waals surface area (Å²) in [5, 5.41) is 10.5. The molecule has 2 aromatic heterocycles. The summed E-state index contributed by atoms with van der Waals surface area (Å²) in [5.74, 6) is -0.424. The van der Waals surface area contributed by atoms with Crippen molar-refractivity contribution in [3.8, 4) is 0 Å². The third kappa shape index (κ3) is 4.17. The van der Waals surface area contributed by atoms with Crippen LogP contribution < -0.4 is 0 Å². The van der Waals surface area contributed by atoms with E-state index >= 15 is 0 Å². The number of rotatable bonds is 7. The second-order valence-electron chi connectivity index (χ2n) is 6.72. The Labute approximate surface area is 157 Å². The number of pyridine rings is 1. The Morgan fingerprint density at radius 1 is 1.30 bits per heavy atom. The van der Waals surface area contributed by atoms with Crippen molar-refractivity contribution >= 4 is 16.8 Å². The van der Waals surface area contributed by atoms with Crippen LogP contribution in [0.15, 0.2) is 42.7 Å². The Bertz CT molecular complexity index is 920. The number of halogens is 1. The SMILES string of the molecule is CC[C@@H](CO)N(Cc1ccncc1)C(=O)Cc1c(C)[nH]c2ccc(F)cc12. The summed E-state index contributed by atoms with van der Waals surface area (Å²) in [7, 11) is 0. The van der Waals surface area contributed by atoms with Gasteiger partial charge in [-0.05, 0) is 54.8 Å². The van der Waals surface area contributed by atoms with E-state index in [-0.39, 0.29) is 30.8 Å². The third-order valence-electron chi connectivity index (χ3n) is 4.95. The van der Waals surface area contributed by atoms with E-state index in [1.165, 1.54) is 12.1 Å². The van der Waals surface area contributed by atoms with Crippen LogP contribution in [0.2, 0.25) is 0 Å². The molecule has 1 aromatic carbocycles. The lowest BCUT2D eigenvalue weighted by Crippen LogP contribution is -2.42. The Hall–Kier alpha value is -2.73. The highest BCUT2D eigenvalue weighted by Gasteiger charge is 2.24. The van der Waals surface area contributed by atoms with Crippen LogP contribution in [0.25, 0.3) is 10.9 Å². The molecule has 3 aromatic rings. The zero-order chi connectivity index (χ0) is 19.4. The number of aryl methyl sites for hydroxylation is 1. The van der Waals surface area contributed by atoms with Crippen molar-refractivity contribution in [2.45, 2.75) is 39.3 Å². The molecular formula is C21H24FN3O2. The number of aliphatic hydroxyl groups is 1. The van der Waals surface area contributed by atoms with E-state index in [1.54, 1.807) is 23.4 Å². The zero-order valence-electron chi connectivity index (χ0n) is 15.6. The van der Waals surface area contributed by atoms with Crippen molar-refractivity contribution in [2.24, 2.45) is 0 Å². The smallest absolute Gasteiger partial charge is 0.227 e. The molecule has 0 aliphatic rings. The molecule has 27 heavy (non-hydrogen) atoms. The minimum absolute atomic E-state index is 0.0963. The lowest BCUT2D eigenvalue weighted by atomic mass is 10.0. The first-order chi connectivity index (χ1) is 13.0. The number of carbonyl (C=O) groups is 1. The number of H-pyrrole nitrogens is 1. The van der Waals surface area contributed by atoms with Gasteiger partial charge in [0.2, 0.25) is 5.91 Å². The fourth-order valence-electron chi connectivity index (χ4n) is 3.39. The van der Waals surface area contributed by atoms with Crippen molar-refractivity contribution in [1.29, 1.82) is 0 Å². The largest absolute Gasteiger partial charge is 0.394 e. The molecule has 0 radical (unpaired) electrons. The highest BCUT2D eigenvalue weighted by Crippen LogP contribution is 2.25. The molecule has 1 atom stereocenters. The fourth-order valence-corrected chi connectivity index (χ4v) is 3.39. The molecule has 0 saturated carbocycles. The van der Waals surface area contributed by atoms with Crippen molar-refractivity contribution in [3.63, 3.8) is 0 Å². The van der Waals surface area contributed by atoms with Gasteiger partial charge >= 0.3 is 0 Å². The van der Waals surface area contributed by atoms with E-state index in [9.17, 15) is 14.3 Å². The predicted octanol–water partition coefficient (Wildman–Crippen LogP) is 3.35. The van der Waals surface area contributed by atoms with Gasteiger partial charge in [-0.25, -0.2) is 4.39 Å². The summed E-state index contributed by atoms with van der Waals surface area (Å²) in [6, 6.07) is 7.99. The van der Waals surface area contributed by atoms with Crippen LogP contribution in [0.4, 0.5) is 4.39 Å². The molecule has 2 N–H and O–H groups in total. The van der Waals surface area contributed by atoms with Crippen molar-refractivity contribution < 1.29 is 14.3 Å². The average Bonchev–Trinajstić information content (AvgIpc) is 2.97. The monoisotopic (exact) mass is 369 g/mol. The first-order valence-electron chi connectivity index (χ1n) is 9.09. The van der Waals surface area contributed by atoms with Gasteiger partial charge in [-0.3, -0.25) is 9.78 Å². The number of hydrogen-bond acceptors (Lipinski definition) is 3. The first-order valence-corrected chi connectivity index (χ1v) is 9.09. The second-order valence-corrected chi connectivity index (χ2v) is 6.72. The summed E-state index contributed by atoms with van der Waals surface area (Å²) in [4.78, 5) is 22.1. The highest BCUT2D eigenvalue weighted by atomic mass is 19.1. The summed E-state index contributed by atoms with van der Waals surface area (Å²) >= 11 is 0. The van der Waals surface area contributed by atoms with Gasteiger partial charge in [0.15, 0.2) is 0 Å². The molecule has 0 aliphatic carbocycles. The Kier molecular flexibility index (Phi) is 5.86. The maximum atomic E-state index is 13.7. The van der Waals surface area contributed by atoms with Gasteiger partial charge < -0.3 is 15.0 Å². The molecule has 3 rings (SSSR count). The number of aromatic nitrogens is 2. The molecular weight excluding hydrogens is 345 g/mol. The lowest BCUT2D eigenvalue weighted by molar-refractivity contribution is -0.134. The van der Waals surface area contributed by atoms with Gasteiger partial charge in [0, 0.05) is 35.5 Å². The quantitative estimate of drug-likeness (QED) is 0.671. The summed E-state index contributed by atoms with van der Waals surface area (Å²) in [5.41, 5.74) is 3.41. The van der Waals surface area contributed by atoms with Gasteiger partial charge in [-0.15, -0.1) is 0 Å². The molecule has 0 spiro atoms. The topological polar surface area (TPSA) is 69.2 Å². The van der Waals surface area contributed by atoms with Gasteiger partial charge in [-0.2, -0.15) is 0 Å². The van der Waals surface area contributed by atoms with Gasteiger partial charge in [0.05, 0.1) is 19.1 Å². The van der Waals surface area contributed by atoms with Gasteiger partial charge in [0.1, 0.15) is 5.82 Å². The number of benzene rings is 1. The number of carbonyl (C=O) groups excluding carboxylic acids is 1. The minimum atomic E-state index is -0.328. The summed E-state index contributed by atoms with van der Waals surface area (Å²) < 4.78 is 13.7. The number of nitrogens with one attached hydrogen (secondary N) is 1. The minimum Gasteiger partial charge on any atom is -0.394 e. The fraction of sp³-hybridized carbons (Fsp3) is 0.333. The Morgan fingerprint density at radius 3 is 2.70 bits per heavy atom. The van der Waals surface area contributed by atoms with E-state index in [0.717, 1.165) is 27.7 Å². The molecule has 0 unspecified atom stereocenters. The molecule has 0 saturated heterocycles. The van der Waals surface area contributed by atoms with Crippen LogP contribution in [-0.2, 0) is 17.8 Å². The number of aliphatic hydroxyl groups excluding tert-OH is 1. The number of nitrogens with zero attached hydrogens (tertiary/aromatic N) is 2. The summed E-state index contributed by atoms with van der Waals surface area (Å²) in [6.45, 7) is 4.13. The molecule has 0 bridgehead atoms. The van der Waals surface area contributed by atoms with E-state index in [2.05, 4.69) is 9.97 Å². The number of hydrogen-bond donors (Lipinski definition) is 2. The average molecular weight is 369 g/mol. The maximum absolute atomic E-state index is 13.7. The molecule has 5 nitrogen and oxygen atoms in total. The van der Waals surface area contributed by atoms with Crippen molar-refractivity contribution in [1.82, 2.24) is 14.9 Å². The van der Waals surface area contributed by atoms with E-state index in [1.807, 2.05) is 26.0 Å². The van der Waals surface area contributed by atoms with Crippen LogP contribution in [0.1, 0.15) is 30.2 Å². The third-order valence-corrected chi connectivity index (χ3v) is 4.95. The number of fused-ring (bicyclic) bond motifs is 1. The first kappa shape index (κ1) is 19.0. The lowest BCUT2D eigenvalue weighted by Gasteiger charge is -2.30. The molecule has 6 heteroatoms. The maximum Gasteiger partial charge on any atom is 0.227 e. The molecule has 2 heterocycles. The molecule has 0 fully saturated rings. The number of aromatic amines is 1. The molecule has 1 amide bonds. The van der Waals surface area contributed by atoms with Gasteiger partial charge in [0.25, 0.3) is 0 Å². The zero-order valence-corrected chi connectivity index (χ0v) is 15.6. The van der Waals surface area contributed by atoms with Crippen LogP contribution in [0.5, 0.6) is 0 Å². The van der Waals surface area contributed by atoms with Crippen LogP contribution in [-0.4, -0.2) is 38.5 Å². The van der Waals surface area contributed by atoms with Crippen LogP contribution in [0.3, 0.4) is 0 Å². The van der Waals surface area contributed by atoms with Crippen molar-refractivity contribution in [2.75, 3.05) is 6.61 Å². The van der Waals surface area contributed by atoms with E-state index in [4.69, 9.17) is 0 Å². The molecule has 0 aliphatic heterocycles. The predicted molar refractivity (Wildman–Crippen MR) is 103 cm³/mol. The second kappa shape index (κ2) is 8.31. The Balaban J connectivity index is 1.90. The van der Waals surface area contributed by atoms with Crippen molar-refractivity contribution in [3.05, 3.63) is 65.4 Å². The molecule has 142 valence electrons. The van der Waals surface area contributed by atoms with Crippen LogP contribution >= 0.6 is 0 Å². The standard InChI is InChI=1S/C21H24FN3O2/c1-3-17(13-26)25(12-15-6-8-23-9-7-15)21(27)11-18-14(2)24-20-5-4-16(22)10-19(18)20/h4-10,17,24,26H,3,11-13H2,1-2H3/t17-/m0/s1. The van der Waals surface area contributed by atoms with Crippen LogP contribution in [0, 0.1) is 12.7 Å². The van der Waals surface area contributed by atoms with E-state index in [0.29, 0.717) is 13.0 Å². The highest BCUT2D eigenvalue weighted by molar-refractivity contribution is 5.90. The normalized spacial score (nSPS) is 12.3. The van der Waals surface area contributed by atoms with Gasteiger partial charge in [-0.1, -0.05) is 6.92 Å². The summed E-state index contributed by atoms with van der Waals surface area (Å²) in [6.07, 6.45) is 4.17. The van der Waals surface area contributed by atoms with E-state index < -0.39 is 0 Å². The number of amides is 1. The Morgan fingerprint density at radius 2 is 2.04 bits per heavy atom.